The maximum Gasteiger partial charge on any atom is 0.170 e. The van der Waals surface area contributed by atoms with Gasteiger partial charge in [-0.1, -0.05) is 23.7 Å². The summed E-state index contributed by atoms with van der Waals surface area (Å²) in [5.41, 5.74) is 0.788. The Bertz CT molecular complexity index is 586. The van der Waals surface area contributed by atoms with Gasteiger partial charge in [0.2, 0.25) is 0 Å². The molecular formula is C15H18ClN3OS. The van der Waals surface area contributed by atoms with Crippen molar-refractivity contribution in [3.63, 3.8) is 0 Å². The third kappa shape index (κ3) is 4.46. The standard InChI is InChI=1S/C15H18ClN3OS/c1-19(2)13(14-8-5-9-20-14)10-17-15(21)18-12-7-4-3-6-11(12)16/h3-9,13H,10H2,1-2H3,(H2,17,18,21). The Morgan fingerprint density at radius 3 is 2.67 bits per heavy atom. The van der Waals surface area contributed by atoms with Crippen LogP contribution in [-0.4, -0.2) is 30.7 Å². The maximum absolute atomic E-state index is 6.09. The van der Waals surface area contributed by atoms with Crippen molar-refractivity contribution in [2.45, 2.75) is 6.04 Å². The van der Waals surface area contributed by atoms with Crippen molar-refractivity contribution in [1.29, 1.82) is 0 Å². The van der Waals surface area contributed by atoms with Crippen LogP contribution in [0.5, 0.6) is 0 Å². The summed E-state index contributed by atoms with van der Waals surface area (Å²) in [6.45, 7) is 0.636. The highest BCUT2D eigenvalue weighted by Crippen LogP contribution is 2.21. The number of benzene rings is 1. The monoisotopic (exact) mass is 323 g/mol. The zero-order valence-electron chi connectivity index (χ0n) is 12.0. The second-order valence-electron chi connectivity index (χ2n) is 4.81. The highest BCUT2D eigenvalue weighted by atomic mass is 35.5. The second kappa shape index (κ2) is 7.45. The lowest BCUT2D eigenvalue weighted by Crippen LogP contribution is -2.36. The summed E-state index contributed by atoms with van der Waals surface area (Å²) in [6.07, 6.45) is 1.67. The van der Waals surface area contributed by atoms with Gasteiger partial charge in [-0.2, -0.15) is 0 Å². The van der Waals surface area contributed by atoms with Crippen molar-refractivity contribution in [3.8, 4) is 0 Å². The predicted octanol–water partition coefficient (Wildman–Crippen LogP) is 3.52. The molecule has 112 valence electrons. The molecule has 0 amide bonds. The SMILES string of the molecule is CN(C)C(CNC(=S)Nc1ccccc1Cl)c1ccco1. The minimum absolute atomic E-state index is 0.103. The van der Waals surface area contributed by atoms with Crippen LogP contribution in [0.4, 0.5) is 5.69 Å². The molecule has 0 spiro atoms. The largest absolute Gasteiger partial charge is 0.468 e. The number of nitrogens with one attached hydrogen (secondary N) is 2. The van der Waals surface area contributed by atoms with Crippen LogP contribution in [0, 0.1) is 0 Å². The van der Waals surface area contributed by atoms with Gasteiger partial charge in [0.15, 0.2) is 5.11 Å². The molecule has 0 saturated heterocycles. The van der Waals surface area contributed by atoms with Gasteiger partial charge in [0.1, 0.15) is 5.76 Å². The molecule has 21 heavy (non-hydrogen) atoms. The third-order valence-electron chi connectivity index (χ3n) is 3.07. The first-order valence-electron chi connectivity index (χ1n) is 6.57. The second-order valence-corrected chi connectivity index (χ2v) is 5.63. The highest BCUT2D eigenvalue weighted by molar-refractivity contribution is 7.80. The molecule has 0 saturated carbocycles. The lowest BCUT2D eigenvalue weighted by Gasteiger charge is -2.23. The molecule has 1 aromatic heterocycles. The number of para-hydroxylation sites is 1. The first kappa shape index (κ1) is 15.8. The molecule has 1 aromatic carbocycles. The van der Waals surface area contributed by atoms with E-state index in [1.807, 2.05) is 50.5 Å². The van der Waals surface area contributed by atoms with Crippen molar-refractivity contribution in [1.82, 2.24) is 10.2 Å². The van der Waals surface area contributed by atoms with Crippen molar-refractivity contribution in [2.75, 3.05) is 26.0 Å². The number of halogens is 1. The summed E-state index contributed by atoms with van der Waals surface area (Å²) in [5.74, 6) is 0.896. The van der Waals surface area contributed by atoms with E-state index in [9.17, 15) is 0 Å². The van der Waals surface area contributed by atoms with Crippen molar-refractivity contribution < 1.29 is 4.42 Å². The van der Waals surface area contributed by atoms with Gasteiger partial charge in [0.05, 0.1) is 23.0 Å². The Kier molecular flexibility index (Phi) is 5.61. The number of hydrogen-bond donors (Lipinski definition) is 2. The van der Waals surface area contributed by atoms with Crippen LogP contribution in [-0.2, 0) is 0 Å². The Labute approximate surface area is 135 Å². The summed E-state index contributed by atoms with van der Waals surface area (Å²) in [6, 6.07) is 11.4. The maximum atomic E-state index is 6.09. The molecule has 2 rings (SSSR count). The van der Waals surface area contributed by atoms with Crippen LogP contribution in [0.15, 0.2) is 47.1 Å². The van der Waals surface area contributed by atoms with Crippen LogP contribution < -0.4 is 10.6 Å². The quantitative estimate of drug-likeness (QED) is 0.824. The van der Waals surface area contributed by atoms with Crippen LogP contribution in [0.3, 0.4) is 0 Å². The molecule has 2 aromatic rings. The molecule has 6 heteroatoms. The van der Waals surface area contributed by atoms with Crippen molar-refractivity contribution >= 4 is 34.6 Å². The van der Waals surface area contributed by atoms with E-state index in [0.29, 0.717) is 16.7 Å². The fraction of sp³-hybridized carbons (Fsp3) is 0.267. The first-order valence-corrected chi connectivity index (χ1v) is 7.35. The lowest BCUT2D eigenvalue weighted by atomic mass is 10.2. The van der Waals surface area contributed by atoms with E-state index in [1.54, 1.807) is 6.26 Å². The molecule has 0 bridgehead atoms. The van der Waals surface area contributed by atoms with E-state index in [1.165, 1.54) is 0 Å². The highest BCUT2D eigenvalue weighted by Gasteiger charge is 2.17. The Balaban J connectivity index is 1.92. The van der Waals surface area contributed by atoms with Gasteiger partial charge in [0, 0.05) is 6.54 Å². The minimum atomic E-state index is 0.103. The average molecular weight is 324 g/mol. The smallest absolute Gasteiger partial charge is 0.170 e. The summed E-state index contributed by atoms with van der Waals surface area (Å²) in [5, 5.41) is 7.44. The predicted molar refractivity (Wildman–Crippen MR) is 90.8 cm³/mol. The van der Waals surface area contributed by atoms with Gasteiger partial charge in [-0.15, -0.1) is 0 Å². The van der Waals surface area contributed by atoms with Gasteiger partial charge in [-0.25, -0.2) is 0 Å². The summed E-state index contributed by atoms with van der Waals surface area (Å²) in [4.78, 5) is 2.07. The van der Waals surface area contributed by atoms with E-state index in [2.05, 4.69) is 15.5 Å². The molecule has 2 N–H and O–H groups in total. The number of thiocarbonyl (C=S) groups is 1. The van der Waals surface area contributed by atoms with Gasteiger partial charge in [0.25, 0.3) is 0 Å². The van der Waals surface area contributed by atoms with Crippen LogP contribution in [0.1, 0.15) is 11.8 Å². The first-order chi connectivity index (χ1) is 10.1. The molecule has 0 fully saturated rings. The van der Waals surface area contributed by atoms with Crippen molar-refractivity contribution in [2.24, 2.45) is 0 Å². The summed E-state index contributed by atoms with van der Waals surface area (Å²) < 4.78 is 5.46. The topological polar surface area (TPSA) is 40.4 Å². The van der Waals surface area contributed by atoms with E-state index in [4.69, 9.17) is 28.2 Å². The molecular weight excluding hydrogens is 306 g/mol. The molecule has 0 aliphatic rings. The number of nitrogens with zero attached hydrogens (tertiary/aromatic N) is 1. The molecule has 1 atom stereocenters. The molecule has 1 heterocycles. The third-order valence-corrected chi connectivity index (χ3v) is 3.65. The van der Waals surface area contributed by atoms with E-state index >= 15 is 0 Å². The van der Waals surface area contributed by atoms with Crippen LogP contribution in [0.2, 0.25) is 5.02 Å². The molecule has 4 nitrogen and oxygen atoms in total. The van der Waals surface area contributed by atoms with E-state index < -0.39 is 0 Å². The van der Waals surface area contributed by atoms with Gasteiger partial charge < -0.3 is 15.1 Å². The molecule has 1 unspecified atom stereocenters. The summed E-state index contributed by atoms with van der Waals surface area (Å²) >= 11 is 11.4. The zero-order valence-corrected chi connectivity index (χ0v) is 13.5. The van der Waals surface area contributed by atoms with E-state index in [0.717, 1.165) is 11.4 Å². The summed E-state index contributed by atoms with van der Waals surface area (Å²) in [7, 11) is 4.00. The zero-order chi connectivity index (χ0) is 15.2. The van der Waals surface area contributed by atoms with Gasteiger partial charge >= 0.3 is 0 Å². The number of likely N-dealkylation sites (N-methyl/N-ethyl adjacent to an activating group) is 1. The fourth-order valence-electron chi connectivity index (χ4n) is 1.94. The average Bonchev–Trinajstić information content (AvgIpc) is 2.95. The molecule has 0 radical (unpaired) electrons. The number of rotatable bonds is 5. The Hall–Kier alpha value is -1.56. The van der Waals surface area contributed by atoms with Crippen LogP contribution >= 0.6 is 23.8 Å². The Morgan fingerprint density at radius 2 is 2.05 bits per heavy atom. The fourth-order valence-corrected chi connectivity index (χ4v) is 2.31. The molecule has 0 aliphatic carbocycles. The van der Waals surface area contributed by atoms with Crippen molar-refractivity contribution in [3.05, 3.63) is 53.4 Å². The number of furan rings is 1. The van der Waals surface area contributed by atoms with Gasteiger partial charge in [-0.05, 0) is 50.6 Å². The lowest BCUT2D eigenvalue weighted by molar-refractivity contribution is 0.259. The van der Waals surface area contributed by atoms with Crippen LogP contribution in [0.25, 0.3) is 0 Å². The minimum Gasteiger partial charge on any atom is -0.468 e. The normalized spacial score (nSPS) is 12.2. The molecule has 0 aliphatic heterocycles. The number of hydrogen-bond acceptors (Lipinski definition) is 3. The van der Waals surface area contributed by atoms with Gasteiger partial charge in [-0.3, -0.25) is 4.90 Å². The Morgan fingerprint density at radius 1 is 1.29 bits per heavy atom. The number of anilines is 1. The van der Waals surface area contributed by atoms with E-state index in [-0.39, 0.29) is 6.04 Å².